The van der Waals surface area contributed by atoms with Crippen molar-refractivity contribution < 1.29 is 9.90 Å². The molecule has 2 aromatic carbocycles. The maximum absolute atomic E-state index is 13.0. The van der Waals surface area contributed by atoms with Crippen LogP contribution in [0.3, 0.4) is 0 Å². The van der Waals surface area contributed by atoms with Gasteiger partial charge in [0.1, 0.15) is 5.82 Å². The number of fused-ring (bicyclic) bond motifs is 1. The molecular formula is C26H30N6O2S. The van der Waals surface area contributed by atoms with Gasteiger partial charge in [-0.25, -0.2) is 9.97 Å². The highest BCUT2D eigenvalue weighted by Crippen LogP contribution is 2.26. The quantitative estimate of drug-likeness (QED) is 0.254. The highest BCUT2D eigenvalue weighted by Gasteiger charge is 2.17. The van der Waals surface area contributed by atoms with Crippen LogP contribution in [0.15, 0.2) is 66.3 Å². The Kier molecular flexibility index (Phi) is 8.25. The molecule has 9 heteroatoms. The minimum atomic E-state index is -0.269. The maximum atomic E-state index is 13.0. The first kappa shape index (κ1) is 24.6. The van der Waals surface area contributed by atoms with E-state index in [1.165, 1.54) is 0 Å². The van der Waals surface area contributed by atoms with Crippen molar-refractivity contribution in [2.45, 2.75) is 12.5 Å². The summed E-state index contributed by atoms with van der Waals surface area (Å²) in [6.45, 7) is 1.17. The van der Waals surface area contributed by atoms with E-state index in [0.29, 0.717) is 30.0 Å². The molecule has 8 nitrogen and oxygen atoms in total. The van der Waals surface area contributed by atoms with Gasteiger partial charge in [0.25, 0.3) is 5.91 Å². The number of likely N-dealkylation sites (N-methyl/N-ethyl adjacent to an activating group) is 1. The lowest BCUT2D eigenvalue weighted by Gasteiger charge is -2.21. The maximum Gasteiger partial charge on any atom is 0.255 e. The number of carbonyl (C=O) groups excluding carboxylic acids is 1. The van der Waals surface area contributed by atoms with Gasteiger partial charge < -0.3 is 26.0 Å². The summed E-state index contributed by atoms with van der Waals surface area (Å²) in [4.78, 5) is 23.8. The molecule has 0 unspecified atom stereocenters. The van der Waals surface area contributed by atoms with Gasteiger partial charge in [-0.3, -0.25) is 4.79 Å². The zero-order valence-electron chi connectivity index (χ0n) is 19.9. The molecular weight excluding hydrogens is 460 g/mol. The molecule has 0 spiro atoms. The van der Waals surface area contributed by atoms with Gasteiger partial charge in [-0.05, 0) is 44.3 Å². The van der Waals surface area contributed by atoms with Crippen molar-refractivity contribution >= 4 is 44.7 Å². The van der Waals surface area contributed by atoms with Gasteiger partial charge in [-0.2, -0.15) is 0 Å². The number of aliphatic hydroxyl groups excluding tert-OH is 1. The third kappa shape index (κ3) is 6.75. The summed E-state index contributed by atoms with van der Waals surface area (Å²) in [6, 6.07) is 17.4. The van der Waals surface area contributed by atoms with Crippen LogP contribution >= 0.6 is 11.3 Å². The van der Waals surface area contributed by atoms with Crippen molar-refractivity contribution in [3.05, 3.63) is 77.4 Å². The fourth-order valence-corrected chi connectivity index (χ4v) is 4.39. The van der Waals surface area contributed by atoms with E-state index < -0.39 is 0 Å². The number of rotatable bonds is 11. The van der Waals surface area contributed by atoms with Crippen molar-refractivity contribution in [1.82, 2.24) is 20.2 Å². The Hall–Kier alpha value is -3.53. The molecule has 0 saturated heterocycles. The number of anilines is 3. The number of nitrogens with one attached hydrogen (secondary N) is 3. The largest absolute Gasteiger partial charge is 0.394 e. The average Bonchev–Trinajstić information content (AvgIpc) is 3.32. The third-order valence-electron chi connectivity index (χ3n) is 5.50. The summed E-state index contributed by atoms with van der Waals surface area (Å²) >= 11 is 1.58. The molecule has 182 valence electrons. The number of amides is 1. The number of hydrogen-bond donors (Lipinski definition) is 4. The van der Waals surface area contributed by atoms with E-state index >= 15 is 0 Å². The molecule has 0 fully saturated rings. The lowest BCUT2D eigenvalue weighted by Crippen LogP contribution is -2.33. The van der Waals surface area contributed by atoms with Gasteiger partial charge in [-0.15, -0.1) is 11.3 Å². The first-order valence-electron chi connectivity index (χ1n) is 11.5. The van der Waals surface area contributed by atoms with Crippen LogP contribution in [-0.2, 0) is 6.42 Å². The highest BCUT2D eigenvalue weighted by atomic mass is 32.1. The zero-order valence-corrected chi connectivity index (χ0v) is 20.7. The molecule has 2 aromatic heterocycles. The Labute approximate surface area is 209 Å². The van der Waals surface area contributed by atoms with Crippen molar-refractivity contribution in [3.63, 3.8) is 0 Å². The molecule has 1 atom stereocenters. The summed E-state index contributed by atoms with van der Waals surface area (Å²) in [5.41, 5.74) is 5.79. The number of aliphatic hydroxyl groups is 1. The van der Waals surface area contributed by atoms with Crippen LogP contribution in [-0.4, -0.2) is 65.7 Å². The van der Waals surface area contributed by atoms with E-state index in [-0.39, 0.29) is 18.6 Å². The summed E-state index contributed by atoms with van der Waals surface area (Å²) in [5.74, 6) is 0.383. The summed E-state index contributed by atoms with van der Waals surface area (Å²) in [6.07, 6.45) is 2.18. The predicted molar refractivity (Wildman–Crippen MR) is 143 cm³/mol. The number of carbonyl (C=O) groups is 1. The van der Waals surface area contributed by atoms with Gasteiger partial charge in [0.05, 0.1) is 39.6 Å². The van der Waals surface area contributed by atoms with Crippen LogP contribution < -0.4 is 16.0 Å². The molecule has 4 N–H and O–H groups in total. The Morgan fingerprint density at radius 2 is 1.94 bits per heavy atom. The van der Waals surface area contributed by atoms with Crippen molar-refractivity contribution in [3.8, 4) is 0 Å². The zero-order chi connectivity index (χ0) is 24.6. The van der Waals surface area contributed by atoms with Crippen molar-refractivity contribution in [2.24, 2.45) is 0 Å². The summed E-state index contributed by atoms with van der Waals surface area (Å²) < 4.78 is 1.08. The lowest BCUT2D eigenvalue weighted by molar-refractivity contribution is 0.0951. The SMILES string of the molecule is CN(C)CCNC(=O)c1cnc(Nc2ccc3ncsc3c2)cc1N[C@H](CO)Cc1ccccc1. The minimum Gasteiger partial charge on any atom is -0.394 e. The van der Waals surface area contributed by atoms with Gasteiger partial charge in [-0.1, -0.05) is 30.3 Å². The van der Waals surface area contributed by atoms with Crippen LogP contribution in [0.4, 0.5) is 17.2 Å². The number of thiazole rings is 1. The van der Waals surface area contributed by atoms with Crippen LogP contribution in [0.1, 0.15) is 15.9 Å². The van der Waals surface area contributed by atoms with Crippen molar-refractivity contribution in [2.75, 3.05) is 44.4 Å². The van der Waals surface area contributed by atoms with E-state index in [9.17, 15) is 9.90 Å². The molecule has 4 aromatic rings. The number of aromatic nitrogens is 2. The van der Waals surface area contributed by atoms with Crippen LogP contribution in [0.25, 0.3) is 10.2 Å². The lowest BCUT2D eigenvalue weighted by atomic mass is 10.1. The molecule has 0 aliphatic rings. The van der Waals surface area contributed by atoms with E-state index in [4.69, 9.17) is 0 Å². The fraction of sp³-hybridized carbons (Fsp3) is 0.269. The topological polar surface area (TPSA) is 102 Å². The fourth-order valence-electron chi connectivity index (χ4n) is 3.67. The Morgan fingerprint density at radius 3 is 2.71 bits per heavy atom. The van der Waals surface area contributed by atoms with E-state index in [1.807, 2.05) is 79.1 Å². The highest BCUT2D eigenvalue weighted by molar-refractivity contribution is 7.16. The third-order valence-corrected chi connectivity index (χ3v) is 6.29. The molecule has 0 saturated carbocycles. The monoisotopic (exact) mass is 490 g/mol. The summed E-state index contributed by atoms with van der Waals surface area (Å²) in [7, 11) is 3.92. The smallest absolute Gasteiger partial charge is 0.255 e. The molecule has 0 aliphatic heterocycles. The average molecular weight is 491 g/mol. The Morgan fingerprint density at radius 1 is 1.11 bits per heavy atom. The van der Waals surface area contributed by atoms with Crippen LogP contribution in [0.5, 0.6) is 0 Å². The van der Waals surface area contributed by atoms with Gasteiger partial charge in [0.15, 0.2) is 0 Å². The van der Waals surface area contributed by atoms with Gasteiger partial charge in [0.2, 0.25) is 0 Å². The van der Waals surface area contributed by atoms with E-state index in [0.717, 1.165) is 28.0 Å². The molecule has 0 aliphatic carbocycles. The second-order valence-corrected chi connectivity index (χ2v) is 9.43. The Balaban J connectivity index is 1.57. The summed E-state index contributed by atoms with van der Waals surface area (Å²) in [5, 5.41) is 19.7. The predicted octanol–water partition coefficient (Wildman–Crippen LogP) is 3.74. The standard InChI is InChI=1S/C26H30N6O2S/c1-32(2)11-10-27-26(34)21-15-28-25(31-19-8-9-22-24(13-19)35-17-29-22)14-23(21)30-20(16-33)12-18-6-4-3-5-7-18/h3-9,13-15,17,20,33H,10-12,16H2,1-2H3,(H,27,34)(H2,28,30,31)/t20-/m0/s1. The molecule has 35 heavy (non-hydrogen) atoms. The number of nitrogens with zero attached hydrogens (tertiary/aromatic N) is 3. The number of benzene rings is 2. The normalized spacial score (nSPS) is 12.0. The molecule has 0 bridgehead atoms. The van der Waals surface area contributed by atoms with Crippen LogP contribution in [0.2, 0.25) is 0 Å². The number of pyridine rings is 1. The van der Waals surface area contributed by atoms with Crippen molar-refractivity contribution in [1.29, 1.82) is 0 Å². The van der Waals surface area contributed by atoms with Gasteiger partial charge >= 0.3 is 0 Å². The van der Waals surface area contributed by atoms with Gasteiger partial charge in [0, 0.05) is 31.0 Å². The molecule has 4 rings (SSSR count). The molecule has 0 radical (unpaired) electrons. The Bertz CT molecular complexity index is 1260. The first-order chi connectivity index (χ1) is 17.0. The minimum absolute atomic E-state index is 0.0797. The second-order valence-electron chi connectivity index (χ2n) is 8.55. The number of hydrogen-bond acceptors (Lipinski definition) is 8. The van der Waals surface area contributed by atoms with Crippen LogP contribution in [0, 0.1) is 0 Å². The second kappa shape index (κ2) is 11.7. The molecule has 2 heterocycles. The van der Waals surface area contributed by atoms with E-state index in [2.05, 4.69) is 25.9 Å². The van der Waals surface area contributed by atoms with E-state index in [1.54, 1.807) is 17.5 Å². The molecule has 1 amide bonds. The first-order valence-corrected chi connectivity index (χ1v) is 12.3.